The standard InChI is InChI=1S/C19H16F6N2O2/c20-18(21,22)13-7-5-11(6-8-13)9-16(28)27-15(17(26)29)10-12-3-1-2-4-14(12)19(23,24)25/h1-8,15H,9-10H2,(H2,26,29)(H,27,28)/t15-/m1/s1. The van der Waals surface area contributed by atoms with Gasteiger partial charge in [-0.3, -0.25) is 9.59 Å². The fourth-order valence-electron chi connectivity index (χ4n) is 2.66. The van der Waals surface area contributed by atoms with Crippen LogP contribution in [0.15, 0.2) is 48.5 Å². The van der Waals surface area contributed by atoms with Crippen molar-refractivity contribution in [1.82, 2.24) is 5.32 Å². The molecular formula is C19H16F6N2O2. The van der Waals surface area contributed by atoms with Crippen molar-refractivity contribution in [3.8, 4) is 0 Å². The van der Waals surface area contributed by atoms with E-state index in [0.29, 0.717) is 0 Å². The van der Waals surface area contributed by atoms with Gasteiger partial charge in [-0.05, 0) is 29.3 Å². The molecule has 0 fully saturated rings. The van der Waals surface area contributed by atoms with Crippen LogP contribution in [-0.4, -0.2) is 17.9 Å². The highest BCUT2D eigenvalue weighted by Gasteiger charge is 2.34. The van der Waals surface area contributed by atoms with Crippen LogP contribution in [0.1, 0.15) is 22.3 Å². The topological polar surface area (TPSA) is 72.2 Å². The Morgan fingerprint density at radius 2 is 1.48 bits per heavy atom. The molecule has 0 bridgehead atoms. The number of alkyl halides is 6. The first-order chi connectivity index (χ1) is 13.4. The average Bonchev–Trinajstić information content (AvgIpc) is 2.60. The maximum Gasteiger partial charge on any atom is 0.416 e. The second kappa shape index (κ2) is 8.54. The summed E-state index contributed by atoms with van der Waals surface area (Å²) in [5.74, 6) is -1.80. The van der Waals surface area contributed by atoms with Gasteiger partial charge < -0.3 is 11.1 Å². The Morgan fingerprint density at radius 3 is 2.00 bits per heavy atom. The highest BCUT2D eigenvalue weighted by atomic mass is 19.4. The molecule has 0 unspecified atom stereocenters. The number of halogens is 6. The summed E-state index contributed by atoms with van der Waals surface area (Å²) in [7, 11) is 0. The first-order valence-electron chi connectivity index (χ1n) is 8.28. The Labute approximate surface area is 161 Å². The maximum absolute atomic E-state index is 13.1. The van der Waals surface area contributed by atoms with Gasteiger partial charge in [0.2, 0.25) is 11.8 Å². The Bertz CT molecular complexity index is 876. The second-order valence-electron chi connectivity index (χ2n) is 6.25. The number of nitrogens with two attached hydrogens (primary N) is 1. The van der Waals surface area contributed by atoms with Gasteiger partial charge in [0.1, 0.15) is 6.04 Å². The van der Waals surface area contributed by atoms with Gasteiger partial charge in [0.15, 0.2) is 0 Å². The molecule has 4 nitrogen and oxygen atoms in total. The molecule has 1 atom stereocenters. The summed E-state index contributed by atoms with van der Waals surface area (Å²) < 4.78 is 76.9. The molecule has 2 aromatic carbocycles. The van der Waals surface area contributed by atoms with Crippen LogP contribution >= 0.6 is 0 Å². The van der Waals surface area contributed by atoms with E-state index >= 15 is 0 Å². The second-order valence-corrected chi connectivity index (χ2v) is 6.25. The lowest BCUT2D eigenvalue weighted by Gasteiger charge is -2.19. The Kier molecular flexibility index (Phi) is 6.55. The summed E-state index contributed by atoms with van der Waals surface area (Å²) in [5, 5.41) is 2.23. The minimum atomic E-state index is -4.65. The summed E-state index contributed by atoms with van der Waals surface area (Å²) in [5.41, 5.74) is 3.36. The van der Waals surface area contributed by atoms with E-state index < -0.39 is 47.8 Å². The molecule has 156 valence electrons. The van der Waals surface area contributed by atoms with Crippen molar-refractivity contribution in [1.29, 1.82) is 0 Å². The normalized spacial score (nSPS) is 13.0. The number of amides is 2. The predicted molar refractivity (Wildman–Crippen MR) is 91.4 cm³/mol. The first kappa shape index (κ1) is 22.3. The van der Waals surface area contributed by atoms with Crippen LogP contribution in [0.2, 0.25) is 0 Å². The van der Waals surface area contributed by atoms with Crippen LogP contribution in [0, 0.1) is 0 Å². The molecule has 10 heteroatoms. The highest BCUT2D eigenvalue weighted by Crippen LogP contribution is 2.32. The molecule has 29 heavy (non-hydrogen) atoms. The lowest BCUT2D eigenvalue weighted by molar-refractivity contribution is -0.138. The van der Waals surface area contributed by atoms with Crippen molar-refractivity contribution in [2.75, 3.05) is 0 Å². The number of primary amides is 1. The molecular weight excluding hydrogens is 402 g/mol. The third-order valence-electron chi connectivity index (χ3n) is 4.07. The molecule has 0 aromatic heterocycles. The number of rotatable bonds is 6. The summed E-state index contributed by atoms with van der Waals surface area (Å²) in [4.78, 5) is 23.7. The van der Waals surface area contributed by atoms with E-state index in [1.54, 1.807) is 0 Å². The number of nitrogens with one attached hydrogen (secondary N) is 1. The number of hydrogen-bond acceptors (Lipinski definition) is 2. The van der Waals surface area contributed by atoms with Gasteiger partial charge in [0, 0.05) is 6.42 Å². The van der Waals surface area contributed by atoms with E-state index in [0.717, 1.165) is 30.3 Å². The van der Waals surface area contributed by atoms with Crippen molar-refractivity contribution in [2.45, 2.75) is 31.2 Å². The first-order valence-corrected chi connectivity index (χ1v) is 8.28. The molecule has 0 aliphatic rings. The molecule has 0 spiro atoms. The zero-order valence-electron chi connectivity index (χ0n) is 14.8. The Morgan fingerprint density at radius 1 is 0.897 bits per heavy atom. The van der Waals surface area contributed by atoms with Gasteiger partial charge in [-0.15, -0.1) is 0 Å². The maximum atomic E-state index is 13.1. The van der Waals surface area contributed by atoms with Crippen molar-refractivity contribution in [3.05, 3.63) is 70.8 Å². The van der Waals surface area contributed by atoms with E-state index in [1.807, 2.05) is 0 Å². The van der Waals surface area contributed by atoms with Gasteiger partial charge in [0.05, 0.1) is 17.5 Å². The summed E-state index contributed by atoms with van der Waals surface area (Å²) in [6.45, 7) is 0. The molecule has 3 N–H and O–H groups in total. The summed E-state index contributed by atoms with van der Waals surface area (Å²) in [6, 6.07) is 6.93. The van der Waals surface area contributed by atoms with Crippen LogP contribution in [0.3, 0.4) is 0 Å². The minimum Gasteiger partial charge on any atom is -0.368 e. The molecule has 2 rings (SSSR count). The fourth-order valence-corrected chi connectivity index (χ4v) is 2.66. The molecule has 0 aliphatic carbocycles. The van der Waals surface area contributed by atoms with Gasteiger partial charge in [-0.2, -0.15) is 26.3 Å². The Hall–Kier alpha value is -3.04. The Balaban J connectivity index is 2.10. The predicted octanol–water partition coefficient (Wildman–Crippen LogP) is 3.48. The molecule has 2 amide bonds. The number of benzene rings is 2. The summed E-state index contributed by atoms with van der Waals surface area (Å²) in [6.07, 6.45) is -10.0. The minimum absolute atomic E-state index is 0.223. The zero-order chi connectivity index (χ0) is 21.8. The van der Waals surface area contributed by atoms with Gasteiger partial charge in [0.25, 0.3) is 0 Å². The van der Waals surface area contributed by atoms with Crippen LogP contribution < -0.4 is 11.1 Å². The largest absolute Gasteiger partial charge is 0.416 e. The highest BCUT2D eigenvalue weighted by molar-refractivity contribution is 5.87. The number of hydrogen-bond donors (Lipinski definition) is 2. The van der Waals surface area contributed by atoms with Crippen molar-refractivity contribution >= 4 is 11.8 Å². The van der Waals surface area contributed by atoms with E-state index in [9.17, 15) is 35.9 Å². The van der Waals surface area contributed by atoms with Crippen LogP contribution in [-0.2, 0) is 34.8 Å². The van der Waals surface area contributed by atoms with Gasteiger partial charge in [-0.1, -0.05) is 30.3 Å². The number of carbonyl (C=O) groups is 2. The van der Waals surface area contributed by atoms with E-state index in [4.69, 9.17) is 5.73 Å². The van der Waals surface area contributed by atoms with E-state index in [1.165, 1.54) is 18.2 Å². The van der Waals surface area contributed by atoms with Gasteiger partial charge >= 0.3 is 12.4 Å². The summed E-state index contributed by atoms with van der Waals surface area (Å²) >= 11 is 0. The SMILES string of the molecule is NC(=O)[C@@H](Cc1ccccc1C(F)(F)F)NC(=O)Cc1ccc(C(F)(F)F)cc1. The molecule has 0 saturated carbocycles. The monoisotopic (exact) mass is 418 g/mol. The van der Waals surface area contributed by atoms with Crippen molar-refractivity contribution in [2.24, 2.45) is 5.73 Å². The van der Waals surface area contributed by atoms with Crippen LogP contribution in [0.4, 0.5) is 26.3 Å². The quantitative estimate of drug-likeness (QED) is 0.706. The van der Waals surface area contributed by atoms with Crippen molar-refractivity contribution < 1.29 is 35.9 Å². The lowest BCUT2D eigenvalue weighted by atomic mass is 9.99. The number of carbonyl (C=O) groups excluding carboxylic acids is 2. The lowest BCUT2D eigenvalue weighted by Crippen LogP contribution is -2.46. The third-order valence-corrected chi connectivity index (χ3v) is 4.07. The zero-order valence-corrected chi connectivity index (χ0v) is 14.8. The molecule has 2 aromatic rings. The molecule has 0 radical (unpaired) electrons. The average molecular weight is 418 g/mol. The fraction of sp³-hybridized carbons (Fsp3) is 0.263. The third kappa shape index (κ3) is 6.23. The molecule has 0 saturated heterocycles. The van der Waals surface area contributed by atoms with Gasteiger partial charge in [-0.25, -0.2) is 0 Å². The van der Waals surface area contributed by atoms with E-state index in [-0.39, 0.29) is 17.5 Å². The van der Waals surface area contributed by atoms with E-state index in [2.05, 4.69) is 5.32 Å². The van der Waals surface area contributed by atoms with Crippen molar-refractivity contribution in [3.63, 3.8) is 0 Å². The smallest absolute Gasteiger partial charge is 0.368 e. The molecule has 0 aliphatic heterocycles. The molecule has 0 heterocycles. The van der Waals surface area contributed by atoms with Crippen LogP contribution in [0.25, 0.3) is 0 Å². The van der Waals surface area contributed by atoms with Crippen LogP contribution in [0.5, 0.6) is 0 Å².